The Labute approximate surface area is 107 Å². The number of morpholine rings is 1. The minimum atomic E-state index is -0.359. The van der Waals surface area contributed by atoms with Crippen molar-refractivity contribution in [2.24, 2.45) is 5.92 Å². The molecular formula is C12H21N3O3. The molecule has 3 amide bonds. The van der Waals surface area contributed by atoms with Crippen molar-refractivity contribution in [1.82, 2.24) is 15.1 Å². The highest BCUT2D eigenvalue weighted by molar-refractivity contribution is 6.04. The maximum Gasteiger partial charge on any atom is 0.324 e. The molecular weight excluding hydrogens is 234 g/mol. The molecule has 18 heavy (non-hydrogen) atoms. The van der Waals surface area contributed by atoms with E-state index in [1.807, 2.05) is 13.8 Å². The first kappa shape index (κ1) is 13.3. The zero-order chi connectivity index (χ0) is 13.1. The Morgan fingerprint density at radius 2 is 1.94 bits per heavy atom. The van der Waals surface area contributed by atoms with E-state index >= 15 is 0 Å². The summed E-state index contributed by atoms with van der Waals surface area (Å²) in [6.45, 7) is 8.28. The number of imide groups is 1. The predicted molar refractivity (Wildman–Crippen MR) is 66.1 cm³/mol. The van der Waals surface area contributed by atoms with Gasteiger partial charge in [0.05, 0.1) is 13.2 Å². The summed E-state index contributed by atoms with van der Waals surface area (Å²) in [5.41, 5.74) is 0. The summed E-state index contributed by atoms with van der Waals surface area (Å²) in [4.78, 5) is 27.3. The van der Waals surface area contributed by atoms with Crippen molar-refractivity contribution in [3.8, 4) is 0 Å². The summed E-state index contributed by atoms with van der Waals surface area (Å²) < 4.78 is 5.26. The monoisotopic (exact) mass is 255 g/mol. The van der Waals surface area contributed by atoms with Crippen LogP contribution in [0.5, 0.6) is 0 Å². The standard InChI is InChI=1S/C12H21N3O3/c1-9(2)10-11(16)15(12(17)13-10)4-3-14-5-7-18-8-6-14/h9-10H,3-8H2,1-2H3,(H,13,17)/t10-/m0/s1. The topological polar surface area (TPSA) is 61.9 Å². The molecule has 2 heterocycles. The van der Waals surface area contributed by atoms with Crippen LogP contribution in [-0.2, 0) is 9.53 Å². The molecule has 2 aliphatic heterocycles. The third-order valence-electron chi connectivity index (χ3n) is 3.47. The van der Waals surface area contributed by atoms with Gasteiger partial charge in [0.15, 0.2) is 0 Å². The summed E-state index contributed by atoms with van der Waals surface area (Å²) in [7, 11) is 0. The molecule has 0 aromatic carbocycles. The summed E-state index contributed by atoms with van der Waals surface area (Å²) >= 11 is 0. The number of hydrogen-bond acceptors (Lipinski definition) is 4. The fourth-order valence-corrected chi connectivity index (χ4v) is 2.27. The average molecular weight is 255 g/mol. The molecule has 1 N–H and O–H groups in total. The molecule has 2 saturated heterocycles. The van der Waals surface area contributed by atoms with Crippen LogP contribution in [0.1, 0.15) is 13.8 Å². The van der Waals surface area contributed by atoms with Crippen molar-refractivity contribution in [3.63, 3.8) is 0 Å². The van der Waals surface area contributed by atoms with E-state index in [1.165, 1.54) is 4.90 Å². The molecule has 1 atom stereocenters. The number of nitrogens with one attached hydrogen (secondary N) is 1. The van der Waals surface area contributed by atoms with E-state index in [0.29, 0.717) is 6.54 Å². The van der Waals surface area contributed by atoms with E-state index in [-0.39, 0.29) is 23.9 Å². The highest BCUT2D eigenvalue weighted by Crippen LogP contribution is 2.13. The number of carbonyl (C=O) groups excluding carboxylic acids is 2. The molecule has 6 nitrogen and oxygen atoms in total. The van der Waals surface area contributed by atoms with Crippen molar-refractivity contribution in [2.45, 2.75) is 19.9 Å². The molecule has 0 saturated carbocycles. The number of ether oxygens (including phenoxy) is 1. The molecule has 2 rings (SSSR count). The number of urea groups is 1. The van der Waals surface area contributed by atoms with Crippen LogP contribution < -0.4 is 5.32 Å². The zero-order valence-electron chi connectivity index (χ0n) is 11.0. The molecule has 0 radical (unpaired) electrons. The summed E-state index contributed by atoms with van der Waals surface area (Å²) in [6.07, 6.45) is 0. The highest BCUT2D eigenvalue weighted by atomic mass is 16.5. The van der Waals surface area contributed by atoms with E-state index in [1.54, 1.807) is 0 Å². The Morgan fingerprint density at radius 1 is 1.28 bits per heavy atom. The van der Waals surface area contributed by atoms with Crippen LogP contribution in [0.2, 0.25) is 0 Å². The number of carbonyl (C=O) groups is 2. The second-order valence-electron chi connectivity index (χ2n) is 5.12. The minimum absolute atomic E-state index is 0.0942. The Balaban J connectivity index is 1.85. The fourth-order valence-electron chi connectivity index (χ4n) is 2.27. The van der Waals surface area contributed by atoms with Gasteiger partial charge in [0.2, 0.25) is 0 Å². The van der Waals surface area contributed by atoms with E-state index in [9.17, 15) is 9.59 Å². The molecule has 0 aromatic heterocycles. The van der Waals surface area contributed by atoms with Gasteiger partial charge in [-0.15, -0.1) is 0 Å². The van der Waals surface area contributed by atoms with E-state index in [0.717, 1.165) is 32.8 Å². The fraction of sp³-hybridized carbons (Fsp3) is 0.833. The van der Waals surface area contributed by atoms with Crippen LogP contribution in [0.25, 0.3) is 0 Å². The van der Waals surface area contributed by atoms with Gasteiger partial charge in [0.1, 0.15) is 6.04 Å². The Morgan fingerprint density at radius 3 is 2.50 bits per heavy atom. The molecule has 2 aliphatic rings. The van der Waals surface area contributed by atoms with Gasteiger partial charge in [0, 0.05) is 26.2 Å². The maximum atomic E-state index is 12.0. The molecule has 0 spiro atoms. The lowest BCUT2D eigenvalue weighted by Gasteiger charge is -2.27. The van der Waals surface area contributed by atoms with Gasteiger partial charge in [-0.05, 0) is 5.92 Å². The van der Waals surface area contributed by atoms with Crippen LogP contribution in [0.15, 0.2) is 0 Å². The Kier molecular flexibility index (Phi) is 4.19. The molecule has 0 bridgehead atoms. The van der Waals surface area contributed by atoms with Gasteiger partial charge in [-0.25, -0.2) is 4.79 Å². The van der Waals surface area contributed by atoms with E-state index in [4.69, 9.17) is 4.74 Å². The van der Waals surface area contributed by atoms with Crippen LogP contribution >= 0.6 is 0 Å². The first-order valence-electron chi connectivity index (χ1n) is 6.51. The lowest BCUT2D eigenvalue weighted by molar-refractivity contribution is -0.128. The molecule has 0 aliphatic carbocycles. The second-order valence-corrected chi connectivity index (χ2v) is 5.12. The second kappa shape index (κ2) is 5.67. The van der Waals surface area contributed by atoms with Gasteiger partial charge < -0.3 is 10.1 Å². The number of rotatable bonds is 4. The molecule has 102 valence electrons. The number of amides is 3. The molecule has 6 heteroatoms. The summed E-state index contributed by atoms with van der Waals surface area (Å²) in [5, 5.41) is 2.74. The maximum absolute atomic E-state index is 12.0. The first-order chi connectivity index (χ1) is 8.59. The Hall–Kier alpha value is -1.14. The van der Waals surface area contributed by atoms with Crippen LogP contribution in [0, 0.1) is 5.92 Å². The third kappa shape index (κ3) is 2.81. The lowest BCUT2D eigenvalue weighted by Crippen LogP contribution is -2.43. The molecule has 2 fully saturated rings. The third-order valence-corrected chi connectivity index (χ3v) is 3.47. The lowest BCUT2D eigenvalue weighted by atomic mass is 10.1. The van der Waals surface area contributed by atoms with Crippen LogP contribution in [-0.4, -0.2) is 67.2 Å². The summed E-state index contributed by atoms with van der Waals surface area (Å²) in [5.74, 6) is 0.0399. The molecule has 0 unspecified atom stereocenters. The van der Waals surface area contributed by atoms with Crippen molar-refractivity contribution < 1.29 is 14.3 Å². The average Bonchev–Trinajstić information content (AvgIpc) is 2.64. The van der Waals surface area contributed by atoms with E-state index < -0.39 is 0 Å². The predicted octanol–water partition coefficient (Wildman–Crippen LogP) is -0.105. The normalized spacial score (nSPS) is 25.9. The van der Waals surface area contributed by atoms with Gasteiger partial charge in [-0.3, -0.25) is 14.6 Å². The largest absolute Gasteiger partial charge is 0.379 e. The quantitative estimate of drug-likeness (QED) is 0.712. The highest BCUT2D eigenvalue weighted by Gasteiger charge is 2.39. The van der Waals surface area contributed by atoms with Crippen molar-refractivity contribution >= 4 is 11.9 Å². The summed E-state index contributed by atoms with van der Waals surface area (Å²) in [6, 6.07) is -0.617. The van der Waals surface area contributed by atoms with E-state index in [2.05, 4.69) is 10.2 Å². The molecule has 0 aromatic rings. The van der Waals surface area contributed by atoms with Crippen molar-refractivity contribution in [2.75, 3.05) is 39.4 Å². The number of nitrogens with zero attached hydrogens (tertiary/aromatic N) is 2. The van der Waals surface area contributed by atoms with Crippen molar-refractivity contribution in [3.05, 3.63) is 0 Å². The minimum Gasteiger partial charge on any atom is -0.379 e. The van der Waals surface area contributed by atoms with Crippen LogP contribution in [0.3, 0.4) is 0 Å². The number of hydrogen-bond donors (Lipinski definition) is 1. The SMILES string of the molecule is CC(C)[C@@H]1NC(=O)N(CCN2CCOCC2)C1=O. The van der Waals surface area contributed by atoms with Crippen molar-refractivity contribution in [1.29, 1.82) is 0 Å². The van der Waals surface area contributed by atoms with Crippen LogP contribution in [0.4, 0.5) is 4.79 Å². The van der Waals surface area contributed by atoms with Gasteiger partial charge >= 0.3 is 6.03 Å². The smallest absolute Gasteiger partial charge is 0.324 e. The zero-order valence-corrected chi connectivity index (χ0v) is 11.0. The van der Waals surface area contributed by atoms with Gasteiger partial charge in [-0.2, -0.15) is 0 Å². The first-order valence-corrected chi connectivity index (χ1v) is 6.51. The Bertz CT molecular complexity index is 327. The van der Waals surface area contributed by atoms with Gasteiger partial charge in [0.25, 0.3) is 5.91 Å². The van der Waals surface area contributed by atoms with Gasteiger partial charge in [-0.1, -0.05) is 13.8 Å².